The molecule has 0 atom stereocenters. The smallest absolute Gasteiger partial charge is 0.299 e. The molecule has 3 rings (SSSR count). The van der Waals surface area contributed by atoms with Crippen LogP contribution in [0.3, 0.4) is 0 Å². The third kappa shape index (κ3) is 4.15. The van der Waals surface area contributed by atoms with Gasteiger partial charge in [-0.15, -0.1) is 0 Å². The molecule has 0 fully saturated rings. The van der Waals surface area contributed by atoms with Crippen molar-refractivity contribution in [2.75, 3.05) is 5.43 Å². The van der Waals surface area contributed by atoms with Gasteiger partial charge in [-0.25, -0.2) is 10.2 Å². The number of imidazole rings is 1. The lowest BCUT2D eigenvalue weighted by molar-refractivity contribution is -0.384. The Morgan fingerprint density at radius 3 is 2.60 bits per heavy atom. The lowest BCUT2D eigenvalue weighted by Crippen LogP contribution is -2.29. The van der Waals surface area contributed by atoms with Crippen LogP contribution in [0, 0.1) is 10.1 Å². The molecule has 0 unspecified atom stereocenters. The Hall–Kier alpha value is -3.73. The number of aryl methyl sites for hydroxylation is 1. The van der Waals surface area contributed by atoms with Gasteiger partial charge in [-0.3, -0.25) is 29.0 Å². The molecule has 2 aromatic heterocycles. The minimum atomic E-state index is -0.585. The maximum absolute atomic E-state index is 12.4. The molecule has 0 amide bonds. The number of halogens is 1. The van der Waals surface area contributed by atoms with Gasteiger partial charge in [0.2, 0.25) is 5.95 Å². The fraction of sp³-hybridized carbons (Fsp3) is 0.222. The van der Waals surface area contributed by atoms with E-state index in [2.05, 4.69) is 20.5 Å². The summed E-state index contributed by atoms with van der Waals surface area (Å²) < 4.78 is 2.77. The van der Waals surface area contributed by atoms with Crippen molar-refractivity contribution in [3.8, 4) is 0 Å². The fourth-order valence-electron chi connectivity index (χ4n) is 2.74. The number of aromatic amines is 1. The number of anilines is 1. The van der Waals surface area contributed by atoms with E-state index in [0.717, 1.165) is 0 Å². The van der Waals surface area contributed by atoms with E-state index < -0.39 is 16.2 Å². The molecule has 0 saturated heterocycles. The maximum atomic E-state index is 12.4. The van der Waals surface area contributed by atoms with E-state index in [-0.39, 0.29) is 29.3 Å². The fourth-order valence-corrected chi connectivity index (χ4v) is 2.81. The second-order valence-electron chi connectivity index (χ2n) is 6.44. The van der Waals surface area contributed by atoms with E-state index in [9.17, 15) is 19.7 Å². The first-order chi connectivity index (χ1) is 14.2. The van der Waals surface area contributed by atoms with Crippen molar-refractivity contribution in [3.63, 3.8) is 0 Å². The molecule has 11 nitrogen and oxygen atoms in total. The van der Waals surface area contributed by atoms with Gasteiger partial charge in [0.25, 0.3) is 11.2 Å². The standard InChI is InChI=1S/C18H18ClN7O4/c1-10(19)8-9-25-14-15(24(3)18(28)21-16(14)27)20-17(25)23-22-11(2)12-4-6-13(7-5-12)26(29)30/h4-8H,9H2,1-3H3,(H,20,23)(H,21,27,28)/b10-8+,22-11?. The van der Waals surface area contributed by atoms with E-state index >= 15 is 0 Å². The first-order valence-electron chi connectivity index (χ1n) is 8.76. The van der Waals surface area contributed by atoms with Gasteiger partial charge in [-0.2, -0.15) is 10.1 Å². The molecule has 0 bridgehead atoms. The zero-order chi connectivity index (χ0) is 22.0. The van der Waals surface area contributed by atoms with E-state index in [1.165, 1.54) is 23.7 Å². The number of H-pyrrole nitrogens is 1. The molecular formula is C18H18ClN7O4. The number of benzene rings is 1. The maximum Gasteiger partial charge on any atom is 0.329 e. The van der Waals surface area contributed by atoms with E-state index in [0.29, 0.717) is 16.3 Å². The summed E-state index contributed by atoms with van der Waals surface area (Å²) in [5.41, 5.74) is 3.20. The predicted octanol–water partition coefficient (Wildman–Crippen LogP) is 2.31. The van der Waals surface area contributed by atoms with Crippen molar-refractivity contribution in [2.45, 2.75) is 20.4 Å². The molecule has 3 aromatic rings. The van der Waals surface area contributed by atoms with Crippen LogP contribution in [0.25, 0.3) is 11.2 Å². The number of non-ortho nitro benzene ring substituents is 1. The highest BCUT2D eigenvalue weighted by molar-refractivity contribution is 6.29. The molecule has 0 radical (unpaired) electrons. The summed E-state index contributed by atoms with van der Waals surface area (Å²) in [5, 5.41) is 15.6. The quantitative estimate of drug-likeness (QED) is 0.348. The monoisotopic (exact) mass is 431 g/mol. The second kappa shape index (κ2) is 8.33. The molecule has 1 aromatic carbocycles. The molecular weight excluding hydrogens is 414 g/mol. The Labute approximate surface area is 174 Å². The van der Waals surface area contributed by atoms with Gasteiger partial charge < -0.3 is 0 Å². The summed E-state index contributed by atoms with van der Waals surface area (Å²) in [5.74, 6) is 0.229. The number of hydrogen-bond donors (Lipinski definition) is 2. The number of nitro groups is 1. The van der Waals surface area contributed by atoms with Crippen molar-refractivity contribution in [2.24, 2.45) is 12.1 Å². The average Bonchev–Trinajstić information content (AvgIpc) is 3.08. The molecule has 2 N–H and O–H groups in total. The van der Waals surface area contributed by atoms with E-state index in [1.54, 1.807) is 36.6 Å². The van der Waals surface area contributed by atoms with Gasteiger partial charge >= 0.3 is 5.69 Å². The van der Waals surface area contributed by atoms with Crippen molar-refractivity contribution in [1.82, 2.24) is 19.1 Å². The molecule has 0 aliphatic rings. The van der Waals surface area contributed by atoms with Gasteiger partial charge in [0.1, 0.15) is 0 Å². The zero-order valence-corrected chi connectivity index (χ0v) is 17.1. The third-order valence-corrected chi connectivity index (χ3v) is 4.54. The number of hydrogen-bond acceptors (Lipinski definition) is 7. The number of aromatic nitrogens is 4. The van der Waals surface area contributed by atoms with Crippen LogP contribution in [0.1, 0.15) is 19.4 Å². The second-order valence-corrected chi connectivity index (χ2v) is 7.04. The van der Waals surface area contributed by atoms with Gasteiger partial charge in [0, 0.05) is 30.8 Å². The zero-order valence-electron chi connectivity index (χ0n) is 16.3. The number of allylic oxidation sites excluding steroid dienone is 2. The molecule has 0 spiro atoms. The Kier molecular flexibility index (Phi) is 5.83. The Morgan fingerprint density at radius 1 is 1.33 bits per heavy atom. The van der Waals surface area contributed by atoms with Gasteiger partial charge in [-0.1, -0.05) is 17.7 Å². The van der Waals surface area contributed by atoms with Crippen LogP contribution < -0.4 is 16.7 Å². The molecule has 0 aliphatic carbocycles. The van der Waals surface area contributed by atoms with Gasteiger partial charge in [0.05, 0.1) is 10.6 Å². The molecule has 2 heterocycles. The molecule has 12 heteroatoms. The Balaban J connectivity index is 2.04. The van der Waals surface area contributed by atoms with Crippen LogP contribution in [-0.4, -0.2) is 29.7 Å². The Morgan fingerprint density at radius 2 is 2.00 bits per heavy atom. The number of nitrogens with one attached hydrogen (secondary N) is 2. The summed E-state index contributed by atoms with van der Waals surface area (Å²) >= 11 is 5.93. The minimum Gasteiger partial charge on any atom is -0.299 e. The topological polar surface area (TPSA) is 140 Å². The van der Waals surface area contributed by atoms with Crippen LogP contribution >= 0.6 is 11.6 Å². The molecule has 0 aliphatic heterocycles. The summed E-state index contributed by atoms with van der Waals surface area (Å²) in [4.78, 5) is 41.2. The average molecular weight is 432 g/mol. The van der Waals surface area contributed by atoms with Gasteiger partial charge in [-0.05, 0) is 31.5 Å². The molecule has 0 saturated carbocycles. The summed E-state index contributed by atoms with van der Waals surface area (Å²) in [6.07, 6.45) is 1.69. The first kappa shape index (κ1) is 21.0. The molecule has 30 heavy (non-hydrogen) atoms. The number of hydrazone groups is 1. The highest BCUT2D eigenvalue weighted by Gasteiger charge is 2.16. The van der Waals surface area contributed by atoms with Crippen LogP contribution in [0.2, 0.25) is 0 Å². The first-order valence-corrected chi connectivity index (χ1v) is 9.13. The SMILES string of the molecule is CC(=NNc1nc2c(c(=O)[nH]c(=O)n2C)n1C/C=C(\C)Cl)c1ccc([N+](=O)[O-])cc1. The summed E-state index contributed by atoms with van der Waals surface area (Å²) in [7, 11) is 1.50. The lowest BCUT2D eigenvalue weighted by atomic mass is 10.1. The van der Waals surface area contributed by atoms with Crippen LogP contribution in [0.5, 0.6) is 0 Å². The number of rotatable bonds is 6. The van der Waals surface area contributed by atoms with E-state index in [1.807, 2.05) is 0 Å². The lowest BCUT2D eigenvalue weighted by Gasteiger charge is -2.07. The highest BCUT2D eigenvalue weighted by Crippen LogP contribution is 2.17. The van der Waals surface area contributed by atoms with Crippen molar-refractivity contribution < 1.29 is 4.92 Å². The number of nitrogens with zero attached hydrogens (tertiary/aromatic N) is 5. The van der Waals surface area contributed by atoms with Crippen molar-refractivity contribution >= 4 is 40.1 Å². The number of fused-ring (bicyclic) bond motifs is 1. The summed E-state index contributed by atoms with van der Waals surface area (Å²) in [6, 6.07) is 5.92. The predicted molar refractivity (Wildman–Crippen MR) is 114 cm³/mol. The van der Waals surface area contributed by atoms with Crippen LogP contribution in [0.4, 0.5) is 11.6 Å². The number of nitro benzene ring substituents is 1. The van der Waals surface area contributed by atoms with E-state index in [4.69, 9.17) is 11.6 Å². The van der Waals surface area contributed by atoms with Crippen molar-refractivity contribution in [3.05, 3.63) is 71.9 Å². The van der Waals surface area contributed by atoms with Crippen LogP contribution in [-0.2, 0) is 13.6 Å². The normalized spacial score (nSPS) is 12.4. The third-order valence-electron chi connectivity index (χ3n) is 4.38. The largest absolute Gasteiger partial charge is 0.329 e. The van der Waals surface area contributed by atoms with Crippen LogP contribution in [0.15, 0.2) is 50.1 Å². The van der Waals surface area contributed by atoms with Gasteiger partial charge in [0.15, 0.2) is 11.2 Å². The summed E-state index contributed by atoms with van der Waals surface area (Å²) in [6.45, 7) is 3.64. The molecule has 156 valence electrons. The van der Waals surface area contributed by atoms with Crippen molar-refractivity contribution in [1.29, 1.82) is 0 Å². The highest BCUT2D eigenvalue weighted by atomic mass is 35.5. The minimum absolute atomic E-state index is 0.0234. The Bertz CT molecular complexity index is 1300.